The van der Waals surface area contributed by atoms with Crippen molar-refractivity contribution in [3.8, 4) is 11.5 Å². The number of ether oxygens (including phenoxy) is 2. The molecule has 8 heteroatoms. The summed E-state index contributed by atoms with van der Waals surface area (Å²) in [6.07, 6.45) is 0. The summed E-state index contributed by atoms with van der Waals surface area (Å²) in [7, 11) is 0. The van der Waals surface area contributed by atoms with Gasteiger partial charge in [-0.1, -0.05) is 30.3 Å². The average molecular weight is 447 g/mol. The Morgan fingerprint density at radius 2 is 1.45 bits per heavy atom. The molecule has 1 saturated heterocycles. The van der Waals surface area contributed by atoms with Crippen molar-refractivity contribution >= 4 is 17.3 Å². The number of amides is 1. The number of nitrogens with zero attached hydrogens (tertiary/aromatic N) is 3. The average Bonchev–Trinajstić information content (AvgIpc) is 2.87. The predicted molar refractivity (Wildman–Crippen MR) is 125 cm³/mol. The minimum atomic E-state index is -0.409. The van der Waals surface area contributed by atoms with Gasteiger partial charge in [-0.05, 0) is 36.4 Å². The number of hydrogen-bond donors (Lipinski definition) is 0. The first kappa shape index (κ1) is 22.1. The minimum absolute atomic E-state index is 0.0679. The van der Waals surface area contributed by atoms with E-state index < -0.39 is 4.92 Å². The lowest BCUT2D eigenvalue weighted by molar-refractivity contribution is -0.384. The van der Waals surface area contributed by atoms with Crippen LogP contribution in [0.1, 0.15) is 10.4 Å². The molecule has 1 fully saturated rings. The smallest absolute Gasteiger partial charge is 0.269 e. The van der Waals surface area contributed by atoms with Gasteiger partial charge in [-0.25, -0.2) is 0 Å². The second kappa shape index (κ2) is 10.5. The number of hydrogen-bond acceptors (Lipinski definition) is 6. The topological polar surface area (TPSA) is 85.2 Å². The molecule has 0 saturated carbocycles. The minimum Gasteiger partial charge on any atom is -0.490 e. The third kappa shape index (κ3) is 5.60. The highest BCUT2D eigenvalue weighted by atomic mass is 16.6. The first-order valence-electron chi connectivity index (χ1n) is 10.8. The third-order valence-electron chi connectivity index (χ3n) is 5.46. The fraction of sp³-hybridized carbons (Fsp3) is 0.240. The Balaban J connectivity index is 1.31. The van der Waals surface area contributed by atoms with Gasteiger partial charge in [0.1, 0.15) is 24.7 Å². The highest BCUT2D eigenvalue weighted by Crippen LogP contribution is 2.23. The van der Waals surface area contributed by atoms with Crippen molar-refractivity contribution in [3.63, 3.8) is 0 Å². The second-order valence-electron chi connectivity index (χ2n) is 7.56. The Morgan fingerprint density at radius 1 is 0.818 bits per heavy atom. The zero-order valence-electron chi connectivity index (χ0n) is 18.1. The van der Waals surface area contributed by atoms with E-state index >= 15 is 0 Å². The fourth-order valence-corrected chi connectivity index (χ4v) is 3.72. The van der Waals surface area contributed by atoms with Gasteiger partial charge in [0.2, 0.25) is 0 Å². The van der Waals surface area contributed by atoms with Crippen LogP contribution in [0.2, 0.25) is 0 Å². The molecular weight excluding hydrogens is 422 g/mol. The zero-order valence-corrected chi connectivity index (χ0v) is 18.1. The lowest BCUT2D eigenvalue weighted by atomic mass is 10.1. The zero-order chi connectivity index (χ0) is 23.0. The molecule has 0 bridgehead atoms. The normalized spacial score (nSPS) is 13.5. The fourth-order valence-electron chi connectivity index (χ4n) is 3.72. The van der Waals surface area contributed by atoms with E-state index in [2.05, 4.69) is 4.90 Å². The summed E-state index contributed by atoms with van der Waals surface area (Å²) in [4.78, 5) is 27.5. The van der Waals surface area contributed by atoms with Crippen molar-refractivity contribution < 1.29 is 19.2 Å². The molecule has 1 aliphatic heterocycles. The van der Waals surface area contributed by atoms with Crippen LogP contribution in [0.3, 0.4) is 0 Å². The predicted octanol–water partition coefficient (Wildman–Crippen LogP) is 4.02. The number of carbonyl (C=O) groups is 1. The standard InChI is InChI=1S/C25H25N3O5/c29-25(27-16-14-26(15-17-27)20-10-12-21(13-11-20)28(30)31)23-8-4-5-9-24(23)33-19-18-32-22-6-2-1-3-7-22/h1-13H,14-19H2. The van der Waals surface area contributed by atoms with Crippen molar-refractivity contribution in [2.24, 2.45) is 0 Å². The first-order valence-corrected chi connectivity index (χ1v) is 10.8. The molecule has 0 spiro atoms. The van der Waals surface area contributed by atoms with E-state index in [-0.39, 0.29) is 11.6 Å². The van der Waals surface area contributed by atoms with Crippen LogP contribution in [0.15, 0.2) is 78.9 Å². The largest absolute Gasteiger partial charge is 0.490 e. The summed E-state index contributed by atoms with van der Waals surface area (Å²) in [5.74, 6) is 1.24. The SMILES string of the molecule is O=C(c1ccccc1OCCOc1ccccc1)N1CCN(c2ccc([N+](=O)[O-])cc2)CC1. The number of nitro benzene ring substituents is 1. The van der Waals surface area contributed by atoms with Gasteiger partial charge in [0.25, 0.3) is 11.6 Å². The summed E-state index contributed by atoms with van der Waals surface area (Å²) in [5.41, 5.74) is 1.51. The van der Waals surface area contributed by atoms with Gasteiger partial charge in [-0.2, -0.15) is 0 Å². The molecule has 0 N–H and O–H groups in total. The van der Waals surface area contributed by atoms with Gasteiger partial charge in [-0.15, -0.1) is 0 Å². The molecular formula is C25H25N3O5. The Bertz CT molecular complexity index is 1080. The van der Waals surface area contributed by atoms with Crippen molar-refractivity contribution in [3.05, 3.63) is 94.5 Å². The lowest BCUT2D eigenvalue weighted by Crippen LogP contribution is -2.48. The molecule has 0 aromatic heterocycles. The van der Waals surface area contributed by atoms with Crippen LogP contribution in [0.5, 0.6) is 11.5 Å². The van der Waals surface area contributed by atoms with Crippen LogP contribution in [-0.4, -0.2) is 55.1 Å². The number of carbonyl (C=O) groups excluding carboxylic acids is 1. The van der Waals surface area contributed by atoms with Crippen LogP contribution in [0.4, 0.5) is 11.4 Å². The van der Waals surface area contributed by atoms with E-state index in [1.807, 2.05) is 47.4 Å². The Labute approximate surface area is 192 Å². The van der Waals surface area contributed by atoms with Crippen LogP contribution in [0.25, 0.3) is 0 Å². The van der Waals surface area contributed by atoms with Gasteiger partial charge in [0.05, 0.1) is 10.5 Å². The molecule has 4 rings (SSSR count). The molecule has 1 aliphatic rings. The summed E-state index contributed by atoms with van der Waals surface area (Å²) >= 11 is 0. The van der Waals surface area contributed by atoms with Crippen LogP contribution < -0.4 is 14.4 Å². The van der Waals surface area contributed by atoms with E-state index in [9.17, 15) is 14.9 Å². The molecule has 3 aromatic carbocycles. The van der Waals surface area contributed by atoms with Crippen LogP contribution >= 0.6 is 0 Å². The number of rotatable bonds is 8. The maximum absolute atomic E-state index is 13.2. The molecule has 3 aromatic rings. The number of anilines is 1. The van der Waals surface area contributed by atoms with Gasteiger partial charge < -0.3 is 19.3 Å². The second-order valence-corrected chi connectivity index (χ2v) is 7.56. The molecule has 170 valence electrons. The van der Waals surface area contributed by atoms with Crippen LogP contribution in [-0.2, 0) is 0 Å². The van der Waals surface area contributed by atoms with Crippen molar-refractivity contribution in [1.82, 2.24) is 4.90 Å². The number of nitro groups is 1. The van der Waals surface area contributed by atoms with Gasteiger partial charge in [-0.3, -0.25) is 14.9 Å². The Kier molecular flexibility index (Phi) is 7.04. The van der Waals surface area contributed by atoms with E-state index in [0.29, 0.717) is 50.7 Å². The highest BCUT2D eigenvalue weighted by molar-refractivity contribution is 5.97. The number of piperazine rings is 1. The molecule has 0 radical (unpaired) electrons. The van der Waals surface area contributed by atoms with Crippen molar-refractivity contribution in [1.29, 1.82) is 0 Å². The molecule has 1 amide bonds. The molecule has 0 atom stereocenters. The summed E-state index contributed by atoms with van der Waals surface area (Å²) in [6.45, 7) is 3.12. The molecule has 0 unspecified atom stereocenters. The van der Waals surface area contributed by atoms with Gasteiger partial charge >= 0.3 is 0 Å². The molecule has 8 nitrogen and oxygen atoms in total. The van der Waals surface area contributed by atoms with Crippen molar-refractivity contribution in [2.45, 2.75) is 0 Å². The quantitative estimate of drug-likeness (QED) is 0.295. The number of benzene rings is 3. The summed E-state index contributed by atoms with van der Waals surface area (Å²) < 4.78 is 11.5. The maximum Gasteiger partial charge on any atom is 0.269 e. The van der Waals surface area contributed by atoms with E-state index in [4.69, 9.17) is 9.47 Å². The third-order valence-corrected chi connectivity index (χ3v) is 5.46. The van der Waals surface area contributed by atoms with E-state index in [1.54, 1.807) is 24.3 Å². The number of para-hydroxylation sites is 2. The Hall–Kier alpha value is -4.07. The Morgan fingerprint density at radius 3 is 2.15 bits per heavy atom. The van der Waals surface area contributed by atoms with Gasteiger partial charge in [0, 0.05) is 44.0 Å². The van der Waals surface area contributed by atoms with Gasteiger partial charge in [0.15, 0.2) is 0 Å². The monoisotopic (exact) mass is 447 g/mol. The summed E-state index contributed by atoms with van der Waals surface area (Å²) in [6, 6.07) is 23.2. The lowest BCUT2D eigenvalue weighted by Gasteiger charge is -2.36. The summed E-state index contributed by atoms with van der Waals surface area (Å²) in [5, 5.41) is 10.8. The first-order chi connectivity index (χ1) is 16.1. The highest BCUT2D eigenvalue weighted by Gasteiger charge is 2.24. The van der Waals surface area contributed by atoms with E-state index in [1.165, 1.54) is 12.1 Å². The maximum atomic E-state index is 13.2. The van der Waals surface area contributed by atoms with E-state index in [0.717, 1.165) is 11.4 Å². The number of non-ortho nitro benzene ring substituents is 1. The molecule has 0 aliphatic carbocycles. The molecule has 33 heavy (non-hydrogen) atoms. The van der Waals surface area contributed by atoms with Crippen molar-refractivity contribution in [2.75, 3.05) is 44.3 Å². The van der Waals surface area contributed by atoms with Crippen LogP contribution in [0, 0.1) is 10.1 Å². The molecule has 1 heterocycles.